The van der Waals surface area contributed by atoms with Crippen molar-refractivity contribution in [3.05, 3.63) is 221 Å². The van der Waals surface area contributed by atoms with Crippen molar-refractivity contribution in [2.24, 2.45) is 0 Å². The molecule has 402 valence electrons. The van der Waals surface area contributed by atoms with Gasteiger partial charge in [-0.3, -0.25) is 0 Å². The van der Waals surface area contributed by atoms with Crippen molar-refractivity contribution in [1.82, 2.24) is 24.1 Å². The summed E-state index contributed by atoms with van der Waals surface area (Å²) in [6.45, 7) is 27.2. The smallest absolute Gasteiger partial charge is 0.164 e. The second-order valence-electron chi connectivity index (χ2n) is 26.1. The molecule has 0 unspecified atom stereocenters. The lowest BCUT2D eigenvalue weighted by atomic mass is 9.85. The lowest BCUT2D eigenvalue weighted by molar-refractivity contribution is 0.590. The molecule has 0 amide bonds. The first-order chi connectivity index (χ1) is 39.0. The van der Waals surface area contributed by atoms with Gasteiger partial charge in [-0.1, -0.05) is 186 Å². The Morgan fingerprint density at radius 3 is 0.939 bits per heavy atom. The number of hydrogen-bond donors (Lipinski definition) is 0. The summed E-state index contributed by atoms with van der Waals surface area (Å²) in [6, 6.07) is 71.2. The molecule has 0 aliphatic rings. The Morgan fingerprint density at radius 2 is 0.622 bits per heavy atom. The van der Waals surface area contributed by atoms with Gasteiger partial charge in [0.25, 0.3) is 0 Å². The van der Waals surface area contributed by atoms with E-state index in [4.69, 9.17) is 15.0 Å². The number of nitrogens with zero attached hydrogens (tertiary/aromatic N) is 7. The van der Waals surface area contributed by atoms with Crippen LogP contribution in [0.2, 0.25) is 0 Å². The summed E-state index contributed by atoms with van der Waals surface area (Å²) in [4.78, 5) is 16.2. The van der Waals surface area contributed by atoms with Crippen LogP contribution in [0.4, 0.5) is 0 Å². The maximum atomic E-state index is 10.2. The van der Waals surface area contributed by atoms with Crippen molar-refractivity contribution in [3.8, 4) is 79.9 Å². The number of hydrogen-bond acceptors (Lipinski definition) is 5. The molecule has 82 heavy (non-hydrogen) atoms. The molecule has 0 fully saturated rings. The first kappa shape index (κ1) is 53.2. The minimum Gasteiger partial charge on any atom is -0.309 e. The summed E-state index contributed by atoms with van der Waals surface area (Å²) in [7, 11) is 0. The predicted octanol–water partition coefficient (Wildman–Crippen LogP) is 19.3. The summed E-state index contributed by atoms with van der Waals surface area (Å²) < 4.78 is 4.77. The second-order valence-corrected chi connectivity index (χ2v) is 26.1. The monoisotopic (exact) mass is 1070 g/mol. The highest BCUT2D eigenvalue weighted by atomic mass is 15.0. The Labute approximate surface area is 481 Å². The van der Waals surface area contributed by atoms with Gasteiger partial charge in [0.05, 0.1) is 56.7 Å². The van der Waals surface area contributed by atoms with Gasteiger partial charge in [-0.05, 0) is 140 Å². The van der Waals surface area contributed by atoms with E-state index in [2.05, 4.69) is 226 Å². The third-order valence-electron chi connectivity index (χ3n) is 16.3. The molecule has 0 aliphatic carbocycles. The minimum atomic E-state index is -0.0702. The first-order valence-corrected chi connectivity index (χ1v) is 28.4. The van der Waals surface area contributed by atoms with Crippen LogP contribution in [-0.4, -0.2) is 24.1 Å². The fraction of sp³-hybridized carbons (Fsp3) is 0.213. The molecule has 0 spiro atoms. The van der Waals surface area contributed by atoms with Gasteiger partial charge in [0.1, 0.15) is 0 Å². The average Bonchev–Trinajstić information content (AvgIpc) is 4.01. The fourth-order valence-corrected chi connectivity index (χ4v) is 11.5. The van der Waals surface area contributed by atoms with Crippen LogP contribution < -0.4 is 0 Å². The van der Waals surface area contributed by atoms with E-state index < -0.39 is 0 Å². The molecule has 0 saturated heterocycles. The summed E-state index contributed by atoms with van der Waals surface area (Å²) in [5.41, 5.74) is 18.4. The molecular weight excluding hydrogens is 999 g/mol. The van der Waals surface area contributed by atoms with Crippen LogP contribution in [0.25, 0.3) is 111 Å². The normalized spacial score (nSPS) is 12.4. The van der Waals surface area contributed by atoms with Crippen LogP contribution in [0, 0.1) is 22.7 Å². The van der Waals surface area contributed by atoms with E-state index in [1.54, 1.807) is 0 Å². The Morgan fingerprint density at radius 1 is 0.305 bits per heavy atom. The number of aromatic nitrogens is 5. The van der Waals surface area contributed by atoms with Gasteiger partial charge in [-0.25, -0.2) is 15.0 Å². The van der Waals surface area contributed by atoms with E-state index in [1.165, 1.54) is 43.8 Å². The maximum absolute atomic E-state index is 10.2. The van der Waals surface area contributed by atoms with Gasteiger partial charge in [0, 0.05) is 49.4 Å². The number of benzene rings is 9. The molecule has 0 N–H and O–H groups in total. The van der Waals surface area contributed by atoms with Crippen LogP contribution in [0.15, 0.2) is 188 Å². The fourth-order valence-electron chi connectivity index (χ4n) is 11.5. The topological polar surface area (TPSA) is 96.1 Å². The summed E-state index contributed by atoms with van der Waals surface area (Å²) in [5, 5.41) is 25.1. The van der Waals surface area contributed by atoms with E-state index in [0.717, 1.165) is 72.4 Å². The predicted molar refractivity (Wildman–Crippen MR) is 340 cm³/mol. The largest absolute Gasteiger partial charge is 0.309 e. The van der Waals surface area contributed by atoms with Crippen molar-refractivity contribution in [2.75, 3.05) is 0 Å². The number of rotatable bonds is 7. The second kappa shape index (κ2) is 19.7. The molecule has 12 rings (SSSR count). The van der Waals surface area contributed by atoms with Crippen LogP contribution in [0.5, 0.6) is 0 Å². The van der Waals surface area contributed by atoms with Crippen LogP contribution in [0.3, 0.4) is 0 Å². The SMILES string of the molecule is CC(C)(C)c1ccc2c(c1)c1cc(C(C)(C)C)ccc1n2-c1cc(-c2nc(-c3ccccc3)nc(-c3ccc(-c4cccc(C#N)c4)c(-n4c5ccc(C(C)(C)C)cc5c5cc(C(C)(C)C)ccc54)c3)n2)ccc1-c1cccc(C#N)c1. The zero-order chi connectivity index (χ0) is 57.6. The first-order valence-electron chi connectivity index (χ1n) is 28.4. The zero-order valence-corrected chi connectivity index (χ0v) is 49.0. The highest BCUT2D eigenvalue weighted by molar-refractivity contribution is 6.12. The van der Waals surface area contributed by atoms with Gasteiger partial charge in [-0.15, -0.1) is 0 Å². The number of nitriles is 2. The van der Waals surface area contributed by atoms with Crippen molar-refractivity contribution in [2.45, 2.75) is 105 Å². The molecule has 12 aromatic rings. The summed E-state index contributed by atoms with van der Waals surface area (Å²) in [6.07, 6.45) is 0. The minimum absolute atomic E-state index is 0.0702. The van der Waals surface area contributed by atoms with Gasteiger partial charge in [-0.2, -0.15) is 10.5 Å². The summed E-state index contributed by atoms with van der Waals surface area (Å²) in [5.74, 6) is 1.58. The average molecular weight is 1070 g/mol. The molecule has 0 aliphatic heterocycles. The van der Waals surface area contributed by atoms with E-state index >= 15 is 0 Å². The van der Waals surface area contributed by atoms with Crippen molar-refractivity contribution in [3.63, 3.8) is 0 Å². The molecular formula is C75H67N7. The lowest BCUT2D eigenvalue weighted by Crippen LogP contribution is -2.10. The maximum Gasteiger partial charge on any atom is 0.164 e. The molecule has 0 radical (unpaired) electrons. The van der Waals surface area contributed by atoms with E-state index in [1.807, 2.05) is 66.7 Å². The molecule has 0 saturated carbocycles. The van der Waals surface area contributed by atoms with Crippen LogP contribution in [0.1, 0.15) is 116 Å². The third-order valence-corrected chi connectivity index (χ3v) is 16.3. The van der Waals surface area contributed by atoms with Crippen molar-refractivity contribution < 1.29 is 0 Å². The molecule has 9 aromatic carbocycles. The Bertz CT molecular complexity index is 4210. The lowest BCUT2D eigenvalue weighted by Gasteiger charge is -2.20. The molecule has 0 atom stereocenters. The Balaban J connectivity index is 1.13. The van der Waals surface area contributed by atoms with Gasteiger partial charge in [0.2, 0.25) is 0 Å². The molecule has 3 heterocycles. The van der Waals surface area contributed by atoms with E-state index in [9.17, 15) is 10.5 Å². The molecule has 7 nitrogen and oxygen atoms in total. The van der Waals surface area contributed by atoms with Gasteiger partial charge >= 0.3 is 0 Å². The third kappa shape index (κ3) is 9.61. The quantitative estimate of drug-likeness (QED) is 0.158. The Kier molecular flexibility index (Phi) is 12.8. The highest BCUT2D eigenvalue weighted by Gasteiger charge is 2.26. The van der Waals surface area contributed by atoms with Crippen LogP contribution >= 0.6 is 0 Å². The molecule has 0 bridgehead atoms. The van der Waals surface area contributed by atoms with Crippen molar-refractivity contribution in [1.29, 1.82) is 10.5 Å². The van der Waals surface area contributed by atoms with Crippen molar-refractivity contribution >= 4 is 43.6 Å². The zero-order valence-electron chi connectivity index (χ0n) is 49.0. The number of fused-ring (bicyclic) bond motifs is 6. The summed E-state index contributed by atoms with van der Waals surface area (Å²) >= 11 is 0. The van der Waals surface area contributed by atoms with Gasteiger partial charge < -0.3 is 9.13 Å². The molecule has 7 heteroatoms. The van der Waals surface area contributed by atoms with E-state index in [0.29, 0.717) is 28.6 Å². The molecule has 3 aromatic heterocycles. The standard InChI is InChI=1S/C75H67N7/c1-72(2,3)53-26-32-63-59(40-53)60-41-54(73(4,5)6)27-33-64(60)81(63)67-38-51(24-30-57(67)49-22-16-18-46(36-49)44-76)70-78-69(48-20-14-13-15-21-48)79-71(80-70)52-25-31-58(50-23-17-19-47(37-50)45-77)68(39-52)82-65-34-28-55(74(7,8)9)42-61(65)62-43-56(75(10,11)12)29-35-66(62)82/h13-43H,1-12H3. The highest BCUT2D eigenvalue weighted by Crippen LogP contribution is 2.44. The Hall–Kier alpha value is -9.43. The van der Waals surface area contributed by atoms with Crippen LogP contribution in [-0.2, 0) is 21.7 Å². The van der Waals surface area contributed by atoms with Gasteiger partial charge in [0.15, 0.2) is 17.5 Å². The van der Waals surface area contributed by atoms with E-state index in [-0.39, 0.29) is 21.7 Å².